The molecule has 1 atom stereocenters. The zero-order chi connectivity index (χ0) is 14.0. The van der Waals surface area contributed by atoms with Crippen LogP contribution in [0.15, 0.2) is 0 Å². The number of hydrogen-bond acceptors (Lipinski definition) is 3. The fourth-order valence-corrected chi connectivity index (χ4v) is 3.02. The maximum Gasteiger partial charge on any atom is 0.407 e. The van der Waals surface area contributed by atoms with Gasteiger partial charge in [-0.25, -0.2) is 4.79 Å². The van der Waals surface area contributed by atoms with E-state index >= 15 is 0 Å². The molecule has 6 nitrogen and oxygen atoms in total. The first-order valence-electron chi connectivity index (χ1n) is 6.90. The maximum atomic E-state index is 12.3. The lowest BCUT2D eigenvalue weighted by Gasteiger charge is -2.40. The van der Waals surface area contributed by atoms with Crippen molar-refractivity contribution in [3.63, 3.8) is 0 Å². The highest BCUT2D eigenvalue weighted by Gasteiger charge is 2.39. The number of carboxylic acid groups (broad SMARTS) is 1. The van der Waals surface area contributed by atoms with Crippen LogP contribution in [0.5, 0.6) is 0 Å². The SMILES string of the molecule is C[C@H](C(=O)N1CCC2(CCNC2)CC1)N(C)C(=O)O.Cl. The van der Waals surface area contributed by atoms with Crippen molar-refractivity contribution < 1.29 is 14.7 Å². The van der Waals surface area contributed by atoms with Crippen molar-refractivity contribution in [3.8, 4) is 0 Å². The Bertz CT molecular complexity index is 362. The zero-order valence-electron chi connectivity index (χ0n) is 12.1. The predicted octanol–water partition coefficient (Wildman–Crippen LogP) is 1.01. The molecule has 0 aliphatic carbocycles. The highest BCUT2D eigenvalue weighted by Crippen LogP contribution is 2.37. The molecule has 2 amide bonds. The third-order valence-electron chi connectivity index (χ3n) is 4.71. The summed E-state index contributed by atoms with van der Waals surface area (Å²) in [6.45, 7) is 5.28. The van der Waals surface area contributed by atoms with Gasteiger partial charge in [-0.3, -0.25) is 9.69 Å². The van der Waals surface area contributed by atoms with Gasteiger partial charge in [0.05, 0.1) is 0 Å². The van der Waals surface area contributed by atoms with Gasteiger partial charge in [-0.05, 0) is 38.1 Å². The van der Waals surface area contributed by atoms with Gasteiger partial charge in [0.25, 0.3) is 0 Å². The molecular formula is C13H24ClN3O3. The zero-order valence-corrected chi connectivity index (χ0v) is 12.9. The summed E-state index contributed by atoms with van der Waals surface area (Å²) < 4.78 is 0. The summed E-state index contributed by atoms with van der Waals surface area (Å²) in [6, 6.07) is -0.603. The number of rotatable bonds is 2. The van der Waals surface area contributed by atoms with Crippen LogP contribution >= 0.6 is 12.4 Å². The topological polar surface area (TPSA) is 72.9 Å². The molecule has 2 aliphatic rings. The Morgan fingerprint density at radius 3 is 2.35 bits per heavy atom. The lowest BCUT2D eigenvalue weighted by atomic mass is 9.78. The van der Waals surface area contributed by atoms with E-state index in [1.54, 1.807) is 6.92 Å². The number of nitrogens with one attached hydrogen (secondary N) is 1. The lowest BCUT2D eigenvalue weighted by Crippen LogP contribution is -2.51. The highest BCUT2D eigenvalue weighted by molar-refractivity contribution is 5.85. The molecule has 0 radical (unpaired) electrons. The Morgan fingerprint density at radius 2 is 1.90 bits per heavy atom. The Morgan fingerprint density at radius 1 is 1.30 bits per heavy atom. The first-order chi connectivity index (χ1) is 8.95. The Kier molecular flexibility index (Phi) is 5.65. The largest absolute Gasteiger partial charge is 0.465 e. The van der Waals surface area contributed by atoms with Crippen LogP contribution in [0.2, 0.25) is 0 Å². The molecule has 0 bridgehead atoms. The Hall–Kier alpha value is -1.01. The maximum absolute atomic E-state index is 12.3. The molecule has 2 rings (SSSR count). The summed E-state index contributed by atoms with van der Waals surface area (Å²) in [5, 5.41) is 12.3. The number of halogens is 1. The molecule has 7 heteroatoms. The first kappa shape index (κ1) is 17.0. The van der Waals surface area contributed by atoms with Gasteiger partial charge in [0.2, 0.25) is 5.91 Å². The average molecular weight is 306 g/mol. The monoisotopic (exact) mass is 305 g/mol. The molecule has 0 saturated carbocycles. The summed E-state index contributed by atoms with van der Waals surface area (Å²) in [5.74, 6) is -0.0780. The molecule has 0 aromatic carbocycles. The molecule has 1 spiro atoms. The van der Waals surface area contributed by atoms with E-state index in [1.807, 2.05) is 4.90 Å². The van der Waals surface area contributed by atoms with Gasteiger partial charge in [0.15, 0.2) is 0 Å². The molecule has 0 aromatic heterocycles. The molecule has 2 fully saturated rings. The van der Waals surface area contributed by atoms with Gasteiger partial charge in [-0.15, -0.1) is 12.4 Å². The Balaban J connectivity index is 0.00000200. The number of nitrogens with zero attached hydrogens (tertiary/aromatic N) is 2. The minimum Gasteiger partial charge on any atom is -0.465 e. The van der Waals surface area contributed by atoms with Gasteiger partial charge in [-0.2, -0.15) is 0 Å². The van der Waals surface area contributed by atoms with E-state index in [0.717, 1.165) is 43.9 Å². The van der Waals surface area contributed by atoms with Crippen molar-refractivity contribution in [1.82, 2.24) is 15.1 Å². The van der Waals surface area contributed by atoms with Gasteiger partial charge in [-0.1, -0.05) is 0 Å². The van der Waals surface area contributed by atoms with E-state index in [0.29, 0.717) is 5.41 Å². The molecular weight excluding hydrogens is 282 g/mol. The van der Waals surface area contributed by atoms with Crippen LogP contribution in [-0.2, 0) is 4.79 Å². The quantitative estimate of drug-likeness (QED) is 0.798. The van der Waals surface area contributed by atoms with Crippen LogP contribution in [-0.4, -0.2) is 66.2 Å². The lowest BCUT2D eigenvalue weighted by molar-refractivity contribution is -0.137. The predicted molar refractivity (Wildman–Crippen MR) is 78.2 cm³/mol. The fourth-order valence-electron chi connectivity index (χ4n) is 3.02. The van der Waals surface area contributed by atoms with Crippen molar-refractivity contribution in [2.45, 2.75) is 32.2 Å². The second-order valence-electron chi connectivity index (χ2n) is 5.82. The van der Waals surface area contributed by atoms with Crippen molar-refractivity contribution in [2.24, 2.45) is 5.41 Å². The summed E-state index contributed by atoms with van der Waals surface area (Å²) in [6.07, 6.45) is 2.18. The summed E-state index contributed by atoms with van der Waals surface area (Å²) in [5.41, 5.74) is 0.374. The molecule has 116 valence electrons. The van der Waals surface area contributed by atoms with E-state index in [2.05, 4.69) is 5.32 Å². The van der Waals surface area contributed by atoms with Crippen LogP contribution in [0.3, 0.4) is 0 Å². The average Bonchev–Trinajstić information content (AvgIpc) is 2.85. The van der Waals surface area contributed by atoms with Crippen molar-refractivity contribution in [1.29, 1.82) is 0 Å². The molecule has 20 heavy (non-hydrogen) atoms. The molecule has 2 N–H and O–H groups in total. The van der Waals surface area contributed by atoms with Crippen LogP contribution < -0.4 is 5.32 Å². The second-order valence-corrected chi connectivity index (χ2v) is 5.82. The second kappa shape index (κ2) is 6.63. The number of carbonyl (C=O) groups is 2. The van der Waals surface area contributed by atoms with Gasteiger partial charge >= 0.3 is 6.09 Å². The van der Waals surface area contributed by atoms with Gasteiger partial charge in [0.1, 0.15) is 6.04 Å². The standard InChI is InChI=1S/C13H23N3O3.ClH/c1-10(15(2)12(18)19)11(17)16-7-4-13(5-8-16)3-6-14-9-13;/h10,14H,3-9H2,1-2H3,(H,18,19);1H/t10-;/m1./s1. The Labute approximate surface area is 125 Å². The summed E-state index contributed by atoms with van der Waals surface area (Å²) >= 11 is 0. The van der Waals surface area contributed by atoms with Crippen LogP contribution in [0.1, 0.15) is 26.2 Å². The number of piperidine rings is 1. The highest BCUT2D eigenvalue weighted by atomic mass is 35.5. The molecule has 2 heterocycles. The summed E-state index contributed by atoms with van der Waals surface area (Å²) in [7, 11) is 1.44. The van der Waals surface area contributed by atoms with Crippen molar-refractivity contribution >= 4 is 24.4 Å². The number of carbonyl (C=O) groups excluding carboxylic acids is 1. The van der Waals surface area contributed by atoms with Crippen molar-refractivity contribution in [2.75, 3.05) is 33.2 Å². The number of likely N-dealkylation sites (tertiary alicyclic amines) is 1. The van der Waals surface area contributed by atoms with Crippen LogP contribution in [0.25, 0.3) is 0 Å². The number of amides is 2. The minimum absolute atomic E-state index is 0. The summed E-state index contributed by atoms with van der Waals surface area (Å²) in [4.78, 5) is 26.0. The van der Waals surface area contributed by atoms with E-state index in [-0.39, 0.29) is 18.3 Å². The molecule has 0 unspecified atom stereocenters. The molecule has 0 aromatic rings. The number of likely N-dealkylation sites (N-methyl/N-ethyl adjacent to an activating group) is 1. The van der Waals surface area contributed by atoms with Crippen LogP contribution in [0, 0.1) is 5.41 Å². The van der Waals surface area contributed by atoms with E-state index in [9.17, 15) is 9.59 Å². The molecule has 2 aliphatic heterocycles. The van der Waals surface area contributed by atoms with Gasteiger partial charge in [0, 0.05) is 26.7 Å². The third-order valence-corrected chi connectivity index (χ3v) is 4.71. The van der Waals surface area contributed by atoms with Gasteiger partial charge < -0.3 is 15.3 Å². The minimum atomic E-state index is -1.06. The third kappa shape index (κ3) is 3.35. The van der Waals surface area contributed by atoms with E-state index in [4.69, 9.17) is 5.11 Å². The van der Waals surface area contributed by atoms with Crippen LogP contribution in [0.4, 0.5) is 4.79 Å². The fraction of sp³-hybridized carbons (Fsp3) is 0.846. The smallest absolute Gasteiger partial charge is 0.407 e. The first-order valence-corrected chi connectivity index (χ1v) is 6.90. The molecule has 2 saturated heterocycles. The van der Waals surface area contributed by atoms with E-state index < -0.39 is 12.1 Å². The van der Waals surface area contributed by atoms with E-state index in [1.165, 1.54) is 13.5 Å². The normalized spacial score (nSPS) is 22.2. The number of hydrogen-bond donors (Lipinski definition) is 2. The van der Waals surface area contributed by atoms with Crippen molar-refractivity contribution in [3.05, 3.63) is 0 Å².